The van der Waals surface area contributed by atoms with E-state index in [-0.39, 0.29) is 12.5 Å². The van der Waals surface area contributed by atoms with Crippen molar-refractivity contribution in [3.05, 3.63) is 24.3 Å². The summed E-state index contributed by atoms with van der Waals surface area (Å²) in [7, 11) is 0. The van der Waals surface area contributed by atoms with Gasteiger partial charge >= 0.3 is 0 Å². The minimum Gasteiger partial charge on any atom is -0.494 e. The average molecular weight is 304 g/mol. The number of ether oxygens (including phenoxy) is 2. The van der Waals surface area contributed by atoms with Crippen molar-refractivity contribution in [1.82, 2.24) is 10.2 Å². The fraction of sp³-hybridized carbons (Fsp3) is 0.588. The maximum atomic E-state index is 12.3. The number of nitrogens with zero attached hydrogens (tertiary/aromatic N) is 1. The zero-order chi connectivity index (χ0) is 15.4. The first-order valence-corrected chi connectivity index (χ1v) is 8.14. The molecule has 1 aromatic carbocycles. The molecule has 5 nitrogen and oxygen atoms in total. The van der Waals surface area contributed by atoms with Gasteiger partial charge in [0.25, 0.3) is 5.91 Å². The highest BCUT2D eigenvalue weighted by Crippen LogP contribution is 2.21. The molecule has 0 spiro atoms. The van der Waals surface area contributed by atoms with Crippen molar-refractivity contribution in [2.45, 2.75) is 38.3 Å². The van der Waals surface area contributed by atoms with E-state index in [1.807, 2.05) is 36.1 Å². The van der Waals surface area contributed by atoms with Crippen molar-refractivity contribution in [2.75, 3.05) is 26.3 Å². The molecule has 2 unspecified atom stereocenters. The molecule has 1 N–H and O–H groups in total. The number of amides is 1. The molecule has 0 aliphatic carbocycles. The van der Waals surface area contributed by atoms with Crippen molar-refractivity contribution >= 4 is 5.91 Å². The third-order valence-corrected chi connectivity index (χ3v) is 4.37. The van der Waals surface area contributed by atoms with E-state index >= 15 is 0 Å². The minimum absolute atomic E-state index is 0.0724. The molecule has 2 heterocycles. The molecular formula is C17H24N2O3. The Labute approximate surface area is 131 Å². The van der Waals surface area contributed by atoms with Gasteiger partial charge in [0.1, 0.15) is 11.5 Å². The van der Waals surface area contributed by atoms with Gasteiger partial charge < -0.3 is 19.7 Å². The number of hydrogen-bond acceptors (Lipinski definition) is 4. The Hall–Kier alpha value is -1.75. The normalized spacial score (nSPS) is 24.0. The molecule has 2 saturated heterocycles. The fourth-order valence-corrected chi connectivity index (χ4v) is 3.20. The van der Waals surface area contributed by atoms with Crippen LogP contribution in [0.1, 0.15) is 26.2 Å². The lowest BCUT2D eigenvalue weighted by Gasteiger charge is -2.24. The second kappa shape index (κ2) is 7.01. The van der Waals surface area contributed by atoms with E-state index in [0.717, 1.165) is 25.3 Å². The van der Waals surface area contributed by atoms with Gasteiger partial charge in [-0.15, -0.1) is 0 Å². The summed E-state index contributed by atoms with van der Waals surface area (Å²) >= 11 is 0. The molecule has 5 heteroatoms. The van der Waals surface area contributed by atoms with Crippen LogP contribution in [-0.2, 0) is 4.79 Å². The van der Waals surface area contributed by atoms with Gasteiger partial charge in [-0.1, -0.05) is 0 Å². The van der Waals surface area contributed by atoms with Crippen LogP contribution in [0, 0.1) is 0 Å². The molecule has 2 atom stereocenters. The smallest absolute Gasteiger partial charge is 0.260 e. The molecule has 0 saturated carbocycles. The van der Waals surface area contributed by atoms with Crippen LogP contribution in [0.4, 0.5) is 0 Å². The lowest BCUT2D eigenvalue weighted by Crippen LogP contribution is -2.41. The number of likely N-dealkylation sites (tertiary alicyclic amines) is 1. The summed E-state index contributed by atoms with van der Waals surface area (Å²) in [5.41, 5.74) is 0. The van der Waals surface area contributed by atoms with Gasteiger partial charge in [-0.3, -0.25) is 4.79 Å². The number of nitrogens with one attached hydrogen (secondary N) is 1. The van der Waals surface area contributed by atoms with E-state index in [1.165, 1.54) is 12.8 Å². The second-order valence-corrected chi connectivity index (χ2v) is 5.96. The number of fused-ring (bicyclic) bond motifs is 2. The molecule has 2 bridgehead atoms. The number of carbonyl (C=O) groups excluding carboxylic acids is 1. The zero-order valence-corrected chi connectivity index (χ0v) is 13.1. The van der Waals surface area contributed by atoms with E-state index in [4.69, 9.17) is 9.47 Å². The van der Waals surface area contributed by atoms with E-state index in [1.54, 1.807) is 0 Å². The van der Waals surface area contributed by atoms with Crippen molar-refractivity contribution in [3.8, 4) is 11.5 Å². The molecular weight excluding hydrogens is 280 g/mol. The highest BCUT2D eigenvalue weighted by molar-refractivity contribution is 5.77. The molecule has 120 valence electrons. The summed E-state index contributed by atoms with van der Waals surface area (Å²) in [6.45, 7) is 4.34. The predicted molar refractivity (Wildman–Crippen MR) is 84.2 cm³/mol. The van der Waals surface area contributed by atoms with E-state index in [2.05, 4.69) is 5.32 Å². The highest BCUT2D eigenvalue weighted by Gasteiger charge is 2.31. The van der Waals surface area contributed by atoms with Crippen LogP contribution in [0.15, 0.2) is 24.3 Å². The largest absolute Gasteiger partial charge is 0.494 e. The monoisotopic (exact) mass is 304 g/mol. The topological polar surface area (TPSA) is 50.8 Å². The summed E-state index contributed by atoms with van der Waals surface area (Å²) in [5.74, 6) is 1.59. The second-order valence-electron chi connectivity index (χ2n) is 5.96. The molecule has 3 rings (SSSR count). The highest BCUT2D eigenvalue weighted by atomic mass is 16.5. The Bertz CT molecular complexity index is 503. The van der Waals surface area contributed by atoms with Gasteiger partial charge in [0.2, 0.25) is 0 Å². The van der Waals surface area contributed by atoms with Crippen molar-refractivity contribution < 1.29 is 14.3 Å². The standard InChI is InChI=1S/C17H24N2O3/c1-2-21-15-5-7-16(8-6-15)22-12-17(20)19-10-9-13-3-4-14(11-19)18-13/h5-8,13-14,18H,2-4,9-12H2,1H3. The average Bonchev–Trinajstić information content (AvgIpc) is 2.86. The molecule has 2 fully saturated rings. The maximum absolute atomic E-state index is 12.3. The Balaban J connectivity index is 1.49. The lowest BCUT2D eigenvalue weighted by atomic mass is 10.1. The number of rotatable bonds is 5. The Kier molecular flexibility index (Phi) is 4.83. The van der Waals surface area contributed by atoms with Crippen LogP contribution in [0.2, 0.25) is 0 Å². The molecule has 0 radical (unpaired) electrons. The zero-order valence-electron chi connectivity index (χ0n) is 13.1. The molecule has 2 aliphatic rings. The third kappa shape index (κ3) is 3.71. The van der Waals surface area contributed by atoms with E-state index in [9.17, 15) is 4.79 Å². The number of hydrogen-bond donors (Lipinski definition) is 1. The van der Waals surface area contributed by atoms with Gasteiger partial charge in [-0.05, 0) is 50.5 Å². The Morgan fingerprint density at radius 1 is 1.14 bits per heavy atom. The van der Waals surface area contributed by atoms with Gasteiger partial charge in [-0.2, -0.15) is 0 Å². The summed E-state index contributed by atoms with van der Waals surface area (Å²) < 4.78 is 11.0. The summed E-state index contributed by atoms with van der Waals surface area (Å²) in [6.07, 6.45) is 3.47. The summed E-state index contributed by atoms with van der Waals surface area (Å²) in [4.78, 5) is 14.3. The summed E-state index contributed by atoms with van der Waals surface area (Å²) in [6, 6.07) is 8.45. The van der Waals surface area contributed by atoms with Crippen LogP contribution in [-0.4, -0.2) is 49.2 Å². The van der Waals surface area contributed by atoms with Crippen molar-refractivity contribution in [3.63, 3.8) is 0 Å². The first-order chi connectivity index (χ1) is 10.7. The van der Waals surface area contributed by atoms with Crippen molar-refractivity contribution in [2.24, 2.45) is 0 Å². The predicted octanol–water partition coefficient (Wildman–Crippen LogP) is 1.82. The van der Waals surface area contributed by atoms with Crippen molar-refractivity contribution in [1.29, 1.82) is 0 Å². The number of carbonyl (C=O) groups is 1. The number of benzene rings is 1. The molecule has 1 aromatic rings. The first kappa shape index (κ1) is 15.2. The third-order valence-electron chi connectivity index (χ3n) is 4.37. The van der Waals surface area contributed by atoms with Crippen LogP contribution < -0.4 is 14.8 Å². The van der Waals surface area contributed by atoms with E-state index < -0.39 is 0 Å². The van der Waals surface area contributed by atoms with E-state index in [0.29, 0.717) is 24.4 Å². The fourth-order valence-electron chi connectivity index (χ4n) is 3.20. The SMILES string of the molecule is CCOc1ccc(OCC(=O)N2CCC3CCC(C2)N3)cc1. The van der Waals surface area contributed by atoms with Crippen LogP contribution in [0.25, 0.3) is 0 Å². The minimum atomic E-state index is 0.0724. The van der Waals surface area contributed by atoms with Crippen LogP contribution in [0.5, 0.6) is 11.5 Å². The quantitative estimate of drug-likeness (QED) is 0.901. The molecule has 1 amide bonds. The Morgan fingerprint density at radius 2 is 1.82 bits per heavy atom. The summed E-state index contributed by atoms with van der Waals surface area (Å²) in [5, 5.41) is 3.58. The Morgan fingerprint density at radius 3 is 2.55 bits per heavy atom. The molecule has 22 heavy (non-hydrogen) atoms. The van der Waals surface area contributed by atoms with Crippen LogP contribution >= 0.6 is 0 Å². The molecule has 0 aromatic heterocycles. The molecule has 2 aliphatic heterocycles. The van der Waals surface area contributed by atoms with Gasteiger partial charge in [0, 0.05) is 25.2 Å². The lowest BCUT2D eigenvalue weighted by molar-refractivity contribution is -0.133. The van der Waals surface area contributed by atoms with Gasteiger partial charge in [0.15, 0.2) is 6.61 Å². The van der Waals surface area contributed by atoms with Gasteiger partial charge in [0.05, 0.1) is 6.61 Å². The first-order valence-electron chi connectivity index (χ1n) is 8.14. The van der Waals surface area contributed by atoms with Crippen LogP contribution in [0.3, 0.4) is 0 Å². The maximum Gasteiger partial charge on any atom is 0.260 e. The van der Waals surface area contributed by atoms with Gasteiger partial charge in [-0.25, -0.2) is 0 Å².